The number of furan rings is 1. The first-order chi connectivity index (χ1) is 11.1. The molecule has 1 fully saturated rings. The van der Waals surface area contributed by atoms with Crippen molar-refractivity contribution < 1.29 is 13.9 Å². The van der Waals surface area contributed by atoms with Crippen molar-refractivity contribution in [2.75, 3.05) is 13.7 Å². The standard InChI is InChI=1S/C16H20N2O3S2/c1-10-14(23-16(22)17-10)8-15(19)18-7-3-4-12(18)13-6-5-11(21-13)9-20-2/h5-6,12H,3-4,7-9H2,1-2H3,(H,17,22)/t12-/m1/s1. The lowest BCUT2D eigenvalue weighted by Crippen LogP contribution is -2.31. The van der Waals surface area contributed by atoms with E-state index in [9.17, 15) is 4.79 Å². The fourth-order valence-electron chi connectivity index (χ4n) is 3.00. The summed E-state index contributed by atoms with van der Waals surface area (Å²) in [5.74, 6) is 1.77. The topological polar surface area (TPSA) is 58.5 Å². The van der Waals surface area contributed by atoms with Gasteiger partial charge >= 0.3 is 0 Å². The van der Waals surface area contributed by atoms with Crippen molar-refractivity contribution in [2.45, 2.75) is 38.8 Å². The number of nitrogens with zero attached hydrogens (tertiary/aromatic N) is 1. The van der Waals surface area contributed by atoms with Crippen molar-refractivity contribution in [3.05, 3.63) is 38.2 Å². The summed E-state index contributed by atoms with van der Waals surface area (Å²) in [5.41, 5.74) is 0.990. The minimum atomic E-state index is 0.0281. The minimum absolute atomic E-state index is 0.0281. The largest absolute Gasteiger partial charge is 0.461 e. The van der Waals surface area contributed by atoms with Crippen molar-refractivity contribution in [1.82, 2.24) is 9.88 Å². The van der Waals surface area contributed by atoms with Crippen LogP contribution in [0.4, 0.5) is 0 Å². The highest BCUT2D eigenvalue weighted by molar-refractivity contribution is 7.73. The van der Waals surface area contributed by atoms with E-state index in [4.69, 9.17) is 21.4 Å². The number of thiazole rings is 1. The second-order valence-corrected chi connectivity index (χ2v) is 7.49. The maximum Gasteiger partial charge on any atom is 0.228 e. The second kappa shape index (κ2) is 6.98. The van der Waals surface area contributed by atoms with Gasteiger partial charge in [0, 0.05) is 24.2 Å². The number of ether oxygens (including phenoxy) is 1. The molecular formula is C16H20N2O3S2. The summed E-state index contributed by atoms with van der Waals surface area (Å²) in [6.07, 6.45) is 2.33. The maximum absolute atomic E-state index is 12.7. The number of likely N-dealkylation sites (tertiary alicyclic amines) is 1. The monoisotopic (exact) mass is 352 g/mol. The summed E-state index contributed by atoms with van der Waals surface area (Å²) in [5, 5.41) is 0. The first-order valence-electron chi connectivity index (χ1n) is 7.64. The van der Waals surface area contributed by atoms with E-state index in [1.165, 1.54) is 11.3 Å². The molecule has 1 aliphatic rings. The summed E-state index contributed by atoms with van der Waals surface area (Å²) < 4.78 is 11.6. The SMILES string of the molecule is COCc1ccc([C@H]2CCCN2C(=O)Cc2sc(=S)[nH]c2C)o1. The molecular weight excluding hydrogens is 332 g/mol. The molecule has 7 heteroatoms. The molecule has 1 atom stereocenters. The van der Waals surface area contributed by atoms with Crippen molar-refractivity contribution in [1.29, 1.82) is 0 Å². The van der Waals surface area contributed by atoms with E-state index in [2.05, 4.69) is 4.98 Å². The van der Waals surface area contributed by atoms with Crippen molar-refractivity contribution in [2.24, 2.45) is 0 Å². The molecule has 0 aromatic carbocycles. The molecule has 5 nitrogen and oxygen atoms in total. The highest BCUT2D eigenvalue weighted by atomic mass is 32.1. The molecule has 3 rings (SSSR count). The van der Waals surface area contributed by atoms with E-state index in [0.29, 0.717) is 13.0 Å². The summed E-state index contributed by atoms with van der Waals surface area (Å²) in [4.78, 5) is 18.8. The lowest BCUT2D eigenvalue weighted by molar-refractivity contribution is -0.131. The summed E-state index contributed by atoms with van der Waals surface area (Å²) >= 11 is 6.63. The maximum atomic E-state index is 12.7. The van der Waals surface area contributed by atoms with E-state index >= 15 is 0 Å². The predicted octanol–water partition coefficient (Wildman–Crippen LogP) is 3.76. The van der Waals surface area contributed by atoms with Gasteiger partial charge in [-0.15, -0.1) is 11.3 Å². The first kappa shape index (κ1) is 16.4. The number of carbonyl (C=O) groups is 1. The van der Waals surface area contributed by atoms with Gasteiger partial charge in [-0.1, -0.05) is 0 Å². The Morgan fingerprint density at radius 1 is 1.57 bits per heavy atom. The molecule has 2 aromatic heterocycles. The number of methoxy groups -OCH3 is 1. The lowest BCUT2D eigenvalue weighted by Gasteiger charge is -2.23. The quantitative estimate of drug-likeness (QED) is 0.833. The molecule has 1 saturated heterocycles. The van der Waals surface area contributed by atoms with E-state index in [1.807, 2.05) is 24.0 Å². The van der Waals surface area contributed by atoms with E-state index < -0.39 is 0 Å². The van der Waals surface area contributed by atoms with Gasteiger partial charge in [0.1, 0.15) is 18.1 Å². The molecule has 0 saturated carbocycles. The van der Waals surface area contributed by atoms with Gasteiger partial charge in [0.2, 0.25) is 5.91 Å². The average Bonchev–Trinajstić information content (AvgIpc) is 3.19. The molecule has 0 spiro atoms. The number of carbonyl (C=O) groups excluding carboxylic acids is 1. The zero-order chi connectivity index (χ0) is 16.4. The zero-order valence-corrected chi connectivity index (χ0v) is 14.9. The molecule has 0 bridgehead atoms. The summed E-state index contributed by atoms with van der Waals surface area (Å²) in [6, 6.07) is 3.90. The van der Waals surface area contributed by atoms with Gasteiger partial charge in [0.25, 0.3) is 0 Å². The highest BCUT2D eigenvalue weighted by Crippen LogP contribution is 2.34. The Morgan fingerprint density at radius 3 is 3.09 bits per heavy atom. The normalized spacial score (nSPS) is 17.8. The molecule has 0 aliphatic carbocycles. The Hall–Kier alpha value is -1.44. The number of amides is 1. The number of aromatic amines is 1. The molecule has 1 N–H and O–H groups in total. The van der Waals surface area contributed by atoms with Crippen LogP contribution in [0.15, 0.2) is 16.5 Å². The third-order valence-corrected chi connectivity index (χ3v) is 5.44. The first-order valence-corrected chi connectivity index (χ1v) is 8.86. The van der Waals surface area contributed by atoms with Crippen LogP contribution in [0.3, 0.4) is 0 Å². The Kier molecular flexibility index (Phi) is 4.99. The molecule has 3 heterocycles. The molecule has 23 heavy (non-hydrogen) atoms. The van der Waals surface area contributed by atoms with E-state index in [0.717, 1.165) is 45.4 Å². The fraction of sp³-hybridized carbons (Fsp3) is 0.500. The van der Waals surface area contributed by atoms with Crippen LogP contribution in [0, 0.1) is 10.9 Å². The van der Waals surface area contributed by atoms with Gasteiger partial charge in [-0.2, -0.15) is 0 Å². The van der Waals surface area contributed by atoms with Crippen molar-refractivity contribution in [3.8, 4) is 0 Å². The molecule has 0 radical (unpaired) electrons. The Bertz CT molecular complexity index is 747. The molecule has 1 aliphatic heterocycles. The van der Waals surface area contributed by atoms with Gasteiger partial charge in [-0.05, 0) is 44.1 Å². The van der Waals surface area contributed by atoms with Crippen LogP contribution in [0.1, 0.15) is 41.0 Å². The highest BCUT2D eigenvalue weighted by Gasteiger charge is 2.32. The van der Waals surface area contributed by atoms with E-state index in [1.54, 1.807) is 7.11 Å². The lowest BCUT2D eigenvalue weighted by atomic mass is 10.1. The van der Waals surface area contributed by atoms with Crippen LogP contribution in [0.25, 0.3) is 0 Å². The van der Waals surface area contributed by atoms with Gasteiger partial charge in [-0.25, -0.2) is 0 Å². The van der Waals surface area contributed by atoms with Crippen LogP contribution >= 0.6 is 23.6 Å². The fourth-order valence-corrected chi connectivity index (χ4v) is 4.28. The van der Waals surface area contributed by atoms with Gasteiger partial charge in [0.15, 0.2) is 3.95 Å². The number of rotatable bonds is 5. The molecule has 124 valence electrons. The molecule has 2 aromatic rings. The van der Waals surface area contributed by atoms with Gasteiger partial charge in [-0.3, -0.25) is 4.79 Å². The number of aryl methyl sites for hydroxylation is 1. The van der Waals surface area contributed by atoms with Crippen LogP contribution < -0.4 is 0 Å². The van der Waals surface area contributed by atoms with Crippen LogP contribution in [0.2, 0.25) is 0 Å². The predicted molar refractivity (Wildman–Crippen MR) is 91.1 cm³/mol. The van der Waals surface area contributed by atoms with Gasteiger partial charge in [0.05, 0.1) is 12.5 Å². The molecule has 0 unspecified atom stereocenters. The Morgan fingerprint density at radius 2 is 2.39 bits per heavy atom. The van der Waals surface area contributed by atoms with Crippen LogP contribution in [-0.4, -0.2) is 29.4 Å². The number of H-pyrrole nitrogens is 1. The Balaban J connectivity index is 1.73. The minimum Gasteiger partial charge on any atom is -0.461 e. The number of hydrogen-bond acceptors (Lipinski definition) is 5. The summed E-state index contributed by atoms with van der Waals surface area (Å²) in [7, 11) is 1.64. The number of nitrogens with one attached hydrogen (secondary N) is 1. The second-order valence-electron chi connectivity index (χ2n) is 5.72. The van der Waals surface area contributed by atoms with Crippen LogP contribution in [-0.2, 0) is 22.6 Å². The third-order valence-electron chi connectivity index (χ3n) is 4.11. The third kappa shape index (κ3) is 3.57. The average molecular weight is 352 g/mol. The van der Waals surface area contributed by atoms with Crippen molar-refractivity contribution in [3.63, 3.8) is 0 Å². The summed E-state index contributed by atoms with van der Waals surface area (Å²) in [6.45, 7) is 3.19. The zero-order valence-electron chi connectivity index (χ0n) is 13.3. The van der Waals surface area contributed by atoms with E-state index in [-0.39, 0.29) is 11.9 Å². The molecule has 1 amide bonds. The smallest absolute Gasteiger partial charge is 0.228 e. The number of hydrogen-bond donors (Lipinski definition) is 1. The number of aromatic nitrogens is 1. The van der Waals surface area contributed by atoms with Gasteiger partial charge < -0.3 is 19.0 Å². The van der Waals surface area contributed by atoms with Crippen LogP contribution in [0.5, 0.6) is 0 Å². The Labute approximate surface area is 144 Å². The van der Waals surface area contributed by atoms with Crippen molar-refractivity contribution >= 4 is 29.5 Å².